The zero-order valence-corrected chi connectivity index (χ0v) is 16.5. The van der Waals surface area contributed by atoms with Gasteiger partial charge >= 0.3 is 18.0 Å². The average Bonchev–Trinajstić information content (AvgIpc) is 2.76. The van der Waals surface area contributed by atoms with Crippen LogP contribution < -0.4 is 16.0 Å². The van der Waals surface area contributed by atoms with Gasteiger partial charge in [0, 0.05) is 18.8 Å². The van der Waals surface area contributed by atoms with Crippen molar-refractivity contribution < 1.29 is 28.7 Å². The molecule has 2 aromatic carbocycles. The van der Waals surface area contributed by atoms with E-state index in [4.69, 9.17) is 4.74 Å². The molecule has 0 bridgehead atoms. The molecule has 0 atom stereocenters. The Hall–Kier alpha value is -3.88. The number of carbonyl (C=O) groups is 4. The number of para-hydroxylation sites is 1. The monoisotopic (exact) mass is 413 g/mol. The lowest BCUT2D eigenvalue weighted by molar-refractivity contribution is -0.148. The minimum atomic E-state index is -0.604. The summed E-state index contributed by atoms with van der Waals surface area (Å²) in [4.78, 5) is 46.5. The van der Waals surface area contributed by atoms with Crippen LogP contribution in [0.25, 0.3) is 0 Å². The molecule has 0 fully saturated rings. The second-order valence-corrected chi connectivity index (χ2v) is 6.12. The van der Waals surface area contributed by atoms with E-state index in [9.17, 15) is 19.2 Å². The van der Waals surface area contributed by atoms with Gasteiger partial charge in [-0.25, -0.2) is 9.59 Å². The number of methoxy groups -OCH3 is 1. The number of urea groups is 1. The van der Waals surface area contributed by atoms with Crippen LogP contribution in [-0.2, 0) is 25.6 Å². The summed E-state index contributed by atoms with van der Waals surface area (Å²) in [5.41, 5.74) is 1.82. The van der Waals surface area contributed by atoms with Gasteiger partial charge in [0.05, 0.1) is 19.1 Å². The second-order valence-electron chi connectivity index (χ2n) is 6.12. The molecule has 3 N–H and O–H groups in total. The predicted octanol–water partition coefficient (Wildman–Crippen LogP) is 1.84. The Labute approximate surface area is 173 Å². The van der Waals surface area contributed by atoms with Crippen molar-refractivity contribution in [3.05, 3.63) is 65.7 Å². The van der Waals surface area contributed by atoms with Crippen LogP contribution in [0.15, 0.2) is 54.6 Å². The molecule has 3 amide bonds. The maximum Gasteiger partial charge on any atom is 0.337 e. The van der Waals surface area contributed by atoms with Gasteiger partial charge in [-0.3, -0.25) is 9.59 Å². The van der Waals surface area contributed by atoms with Crippen LogP contribution in [-0.4, -0.2) is 44.1 Å². The summed E-state index contributed by atoms with van der Waals surface area (Å²) in [6.07, 6.45) is -0.0650. The Morgan fingerprint density at radius 3 is 2.27 bits per heavy atom. The van der Waals surface area contributed by atoms with Gasteiger partial charge in [0.15, 0.2) is 6.61 Å². The van der Waals surface area contributed by atoms with Crippen molar-refractivity contribution in [1.82, 2.24) is 10.6 Å². The fraction of sp³-hybridized carbons (Fsp3) is 0.238. The standard InChI is InChI=1S/C21H23N3O6/c1-29-20(27)16-9-7-15(8-10-16)13-23-18(25)14-30-19(26)11-12-22-21(28)24-17-5-3-2-4-6-17/h2-10H,11-14H2,1H3,(H,23,25)(H2,22,24,28). The molecule has 30 heavy (non-hydrogen) atoms. The van der Waals surface area contributed by atoms with Crippen LogP contribution in [0, 0.1) is 0 Å². The summed E-state index contributed by atoms with van der Waals surface area (Å²) in [6.45, 7) is -0.125. The molecule has 2 rings (SSSR count). The number of amides is 3. The van der Waals surface area contributed by atoms with E-state index in [0.717, 1.165) is 5.56 Å². The third-order valence-corrected chi connectivity index (χ3v) is 3.88. The molecule has 0 radical (unpaired) electrons. The smallest absolute Gasteiger partial charge is 0.337 e. The largest absolute Gasteiger partial charge is 0.465 e. The SMILES string of the molecule is COC(=O)c1ccc(CNC(=O)COC(=O)CCNC(=O)Nc2ccccc2)cc1. The molecule has 0 aliphatic rings. The average molecular weight is 413 g/mol. The molecule has 158 valence electrons. The topological polar surface area (TPSA) is 123 Å². The summed E-state index contributed by atoms with van der Waals surface area (Å²) >= 11 is 0. The van der Waals surface area contributed by atoms with E-state index >= 15 is 0 Å². The molecule has 2 aromatic rings. The quantitative estimate of drug-likeness (QED) is 0.539. The molecular weight excluding hydrogens is 390 g/mol. The van der Waals surface area contributed by atoms with Crippen molar-refractivity contribution in [3.63, 3.8) is 0 Å². The van der Waals surface area contributed by atoms with E-state index in [1.807, 2.05) is 6.07 Å². The highest BCUT2D eigenvalue weighted by Gasteiger charge is 2.09. The molecule has 0 spiro atoms. The van der Waals surface area contributed by atoms with Crippen LogP contribution in [0.4, 0.5) is 10.5 Å². The van der Waals surface area contributed by atoms with E-state index < -0.39 is 30.5 Å². The van der Waals surface area contributed by atoms with E-state index in [1.54, 1.807) is 48.5 Å². The van der Waals surface area contributed by atoms with Crippen LogP contribution in [0.2, 0.25) is 0 Å². The van der Waals surface area contributed by atoms with Crippen molar-refractivity contribution in [2.75, 3.05) is 25.6 Å². The maximum atomic E-state index is 11.8. The van der Waals surface area contributed by atoms with E-state index in [2.05, 4.69) is 20.7 Å². The molecule has 9 heteroatoms. The molecule has 0 saturated heterocycles. The van der Waals surface area contributed by atoms with Gasteiger partial charge in [-0.15, -0.1) is 0 Å². The third kappa shape index (κ3) is 8.01. The number of ether oxygens (including phenoxy) is 2. The lowest BCUT2D eigenvalue weighted by Gasteiger charge is -2.09. The highest BCUT2D eigenvalue weighted by Crippen LogP contribution is 2.06. The molecule has 0 saturated carbocycles. The number of rotatable bonds is 9. The molecule has 0 unspecified atom stereocenters. The first kappa shape index (κ1) is 22.4. The Morgan fingerprint density at radius 2 is 1.60 bits per heavy atom. The molecular formula is C21H23N3O6. The molecule has 0 aliphatic carbocycles. The summed E-state index contributed by atoms with van der Waals surface area (Å²) in [5.74, 6) is -1.51. The van der Waals surface area contributed by atoms with Crippen molar-refractivity contribution in [3.8, 4) is 0 Å². The van der Waals surface area contributed by atoms with Gasteiger partial charge in [-0.05, 0) is 29.8 Å². The minimum absolute atomic E-state index is 0.0650. The van der Waals surface area contributed by atoms with Gasteiger partial charge in [0.2, 0.25) is 0 Å². The summed E-state index contributed by atoms with van der Waals surface area (Å²) in [7, 11) is 1.30. The van der Waals surface area contributed by atoms with Gasteiger partial charge < -0.3 is 25.4 Å². The second kappa shape index (κ2) is 11.8. The molecule has 0 heterocycles. The van der Waals surface area contributed by atoms with Gasteiger partial charge in [0.1, 0.15) is 0 Å². The number of nitrogens with one attached hydrogen (secondary N) is 3. The number of hydrogen-bond acceptors (Lipinski definition) is 6. The number of carbonyl (C=O) groups excluding carboxylic acids is 4. The first-order valence-electron chi connectivity index (χ1n) is 9.17. The van der Waals surface area contributed by atoms with E-state index in [0.29, 0.717) is 11.3 Å². The van der Waals surface area contributed by atoms with E-state index in [-0.39, 0.29) is 19.5 Å². The summed E-state index contributed by atoms with van der Waals surface area (Å²) in [5, 5.41) is 7.75. The maximum absolute atomic E-state index is 11.8. The molecule has 9 nitrogen and oxygen atoms in total. The lowest BCUT2D eigenvalue weighted by Crippen LogP contribution is -2.32. The highest BCUT2D eigenvalue weighted by molar-refractivity contribution is 5.90. The number of anilines is 1. The first-order chi connectivity index (χ1) is 14.5. The van der Waals surface area contributed by atoms with Gasteiger partial charge in [-0.2, -0.15) is 0 Å². The minimum Gasteiger partial charge on any atom is -0.465 e. The van der Waals surface area contributed by atoms with Crippen molar-refractivity contribution in [1.29, 1.82) is 0 Å². The Bertz CT molecular complexity index is 868. The van der Waals surface area contributed by atoms with Crippen LogP contribution >= 0.6 is 0 Å². The summed E-state index contributed by atoms with van der Waals surface area (Å²) < 4.78 is 9.49. The van der Waals surface area contributed by atoms with Crippen LogP contribution in [0.1, 0.15) is 22.3 Å². The van der Waals surface area contributed by atoms with Crippen molar-refractivity contribution >= 4 is 29.6 Å². The fourth-order valence-electron chi connectivity index (χ4n) is 2.32. The zero-order chi connectivity index (χ0) is 21.8. The third-order valence-electron chi connectivity index (χ3n) is 3.88. The first-order valence-corrected chi connectivity index (χ1v) is 9.17. The van der Waals surface area contributed by atoms with Crippen LogP contribution in [0.3, 0.4) is 0 Å². The van der Waals surface area contributed by atoms with Crippen LogP contribution in [0.5, 0.6) is 0 Å². The Morgan fingerprint density at radius 1 is 0.900 bits per heavy atom. The number of hydrogen-bond donors (Lipinski definition) is 3. The lowest BCUT2D eigenvalue weighted by atomic mass is 10.1. The fourth-order valence-corrected chi connectivity index (χ4v) is 2.32. The van der Waals surface area contributed by atoms with Crippen molar-refractivity contribution in [2.24, 2.45) is 0 Å². The summed E-state index contributed by atoms with van der Waals surface area (Å²) in [6, 6.07) is 15.0. The van der Waals surface area contributed by atoms with Gasteiger partial charge in [0.25, 0.3) is 5.91 Å². The normalized spacial score (nSPS) is 9.90. The Balaban J connectivity index is 1.59. The molecule has 0 aliphatic heterocycles. The van der Waals surface area contributed by atoms with Crippen molar-refractivity contribution in [2.45, 2.75) is 13.0 Å². The highest BCUT2D eigenvalue weighted by atomic mass is 16.5. The predicted molar refractivity (Wildman–Crippen MR) is 109 cm³/mol. The van der Waals surface area contributed by atoms with E-state index in [1.165, 1.54) is 7.11 Å². The van der Waals surface area contributed by atoms with Gasteiger partial charge in [-0.1, -0.05) is 30.3 Å². The Kier molecular flexibility index (Phi) is 8.85. The number of benzene rings is 2. The zero-order valence-electron chi connectivity index (χ0n) is 16.5. The molecule has 0 aromatic heterocycles. The number of esters is 2.